The molecule has 0 aliphatic rings. The van der Waals surface area contributed by atoms with Crippen LogP contribution >= 0.6 is 23.7 Å². The molecular formula is C14H18ClNOS. The standard InChI is InChI=1S/C14H17NOS.ClH/c1-11-7-8-17-14(11)10-15-9-13(16)12-5-3-2-4-6-12;/h2-8,13,15-16H,9-10H2,1H3;1H. The monoisotopic (exact) mass is 283 g/mol. The predicted molar refractivity (Wildman–Crippen MR) is 79.4 cm³/mol. The fourth-order valence-electron chi connectivity index (χ4n) is 1.70. The van der Waals surface area contributed by atoms with Crippen molar-refractivity contribution < 1.29 is 5.11 Å². The molecule has 0 spiro atoms. The minimum absolute atomic E-state index is 0. The molecule has 1 aromatic carbocycles. The Kier molecular flexibility index (Phi) is 6.36. The number of aliphatic hydroxyl groups is 1. The van der Waals surface area contributed by atoms with Crippen LogP contribution < -0.4 is 5.32 Å². The van der Waals surface area contributed by atoms with Crippen LogP contribution in [0.15, 0.2) is 41.8 Å². The normalized spacial score (nSPS) is 11.9. The number of aliphatic hydroxyl groups excluding tert-OH is 1. The van der Waals surface area contributed by atoms with Gasteiger partial charge in [0.2, 0.25) is 0 Å². The van der Waals surface area contributed by atoms with E-state index in [0.717, 1.165) is 12.1 Å². The van der Waals surface area contributed by atoms with Crippen LogP contribution in [0.2, 0.25) is 0 Å². The van der Waals surface area contributed by atoms with Crippen molar-refractivity contribution in [3.63, 3.8) is 0 Å². The fourth-order valence-corrected chi connectivity index (χ4v) is 2.58. The molecule has 1 aromatic heterocycles. The molecule has 2 rings (SSSR count). The highest BCUT2D eigenvalue weighted by molar-refractivity contribution is 7.10. The Morgan fingerprint density at radius 3 is 2.56 bits per heavy atom. The van der Waals surface area contributed by atoms with Gasteiger partial charge in [-0.05, 0) is 29.5 Å². The zero-order valence-electron chi connectivity index (χ0n) is 10.3. The van der Waals surface area contributed by atoms with E-state index >= 15 is 0 Å². The molecule has 0 fully saturated rings. The van der Waals surface area contributed by atoms with E-state index in [4.69, 9.17) is 0 Å². The van der Waals surface area contributed by atoms with Crippen molar-refractivity contribution in [1.29, 1.82) is 0 Å². The largest absolute Gasteiger partial charge is 0.387 e. The zero-order valence-corrected chi connectivity index (χ0v) is 11.9. The number of nitrogens with one attached hydrogen (secondary N) is 1. The van der Waals surface area contributed by atoms with Gasteiger partial charge < -0.3 is 10.4 Å². The molecule has 1 atom stereocenters. The zero-order chi connectivity index (χ0) is 12.1. The van der Waals surface area contributed by atoms with E-state index in [2.05, 4.69) is 23.7 Å². The molecular weight excluding hydrogens is 266 g/mol. The topological polar surface area (TPSA) is 32.3 Å². The second-order valence-corrected chi connectivity index (χ2v) is 5.08. The number of hydrogen-bond donors (Lipinski definition) is 2. The lowest BCUT2D eigenvalue weighted by molar-refractivity contribution is 0.174. The predicted octanol–water partition coefficient (Wildman–Crippen LogP) is 3.30. The third-order valence-electron chi connectivity index (χ3n) is 2.78. The third kappa shape index (κ3) is 4.10. The molecule has 0 aliphatic carbocycles. The maximum atomic E-state index is 9.96. The number of aryl methyl sites for hydroxylation is 1. The van der Waals surface area contributed by atoms with Crippen LogP contribution in [0.4, 0.5) is 0 Å². The smallest absolute Gasteiger partial charge is 0.0914 e. The molecule has 18 heavy (non-hydrogen) atoms. The van der Waals surface area contributed by atoms with E-state index in [1.165, 1.54) is 10.4 Å². The van der Waals surface area contributed by atoms with Crippen LogP contribution in [-0.2, 0) is 6.54 Å². The van der Waals surface area contributed by atoms with E-state index in [0.29, 0.717) is 6.54 Å². The van der Waals surface area contributed by atoms with Crippen molar-refractivity contribution >= 4 is 23.7 Å². The van der Waals surface area contributed by atoms with Gasteiger partial charge in [-0.3, -0.25) is 0 Å². The highest BCUT2D eigenvalue weighted by Crippen LogP contribution is 2.15. The van der Waals surface area contributed by atoms with Gasteiger partial charge in [-0.2, -0.15) is 0 Å². The number of benzene rings is 1. The second kappa shape index (κ2) is 7.54. The molecule has 0 radical (unpaired) electrons. The maximum absolute atomic E-state index is 9.96. The Morgan fingerprint density at radius 1 is 1.22 bits per heavy atom. The van der Waals surface area contributed by atoms with Gasteiger partial charge in [-0.15, -0.1) is 23.7 Å². The van der Waals surface area contributed by atoms with Crippen LogP contribution in [0.25, 0.3) is 0 Å². The van der Waals surface area contributed by atoms with Gasteiger partial charge in [0, 0.05) is 18.0 Å². The van der Waals surface area contributed by atoms with Crippen LogP contribution in [0, 0.1) is 6.92 Å². The maximum Gasteiger partial charge on any atom is 0.0914 e. The summed E-state index contributed by atoms with van der Waals surface area (Å²) in [7, 11) is 0. The van der Waals surface area contributed by atoms with Crippen molar-refractivity contribution in [2.45, 2.75) is 19.6 Å². The van der Waals surface area contributed by atoms with Crippen molar-refractivity contribution in [3.8, 4) is 0 Å². The van der Waals surface area contributed by atoms with E-state index in [1.54, 1.807) is 11.3 Å². The molecule has 2 nitrogen and oxygen atoms in total. The number of rotatable bonds is 5. The van der Waals surface area contributed by atoms with Crippen LogP contribution in [0.5, 0.6) is 0 Å². The summed E-state index contributed by atoms with van der Waals surface area (Å²) in [6.45, 7) is 3.52. The molecule has 2 aromatic rings. The first kappa shape index (κ1) is 15.2. The number of halogens is 1. The minimum Gasteiger partial charge on any atom is -0.387 e. The first-order chi connectivity index (χ1) is 8.27. The molecule has 0 saturated carbocycles. The lowest BCUT2D eigenvalue weighted by atomic mass is 10.1. The van der Waals surface area contributed by atoms with Gasteiger partial charge in [-0.25, -0.2) is 0 Å². The first-order valence-electron chi connectivity index (χ1n) is 5.74. The molecule has 0 aliphatic heterocycles. The Balaban J connectivity index is 0.00000162. The Morgan fingerprint density at radius 2 is 1.94 bits per heavy atom. The van der Waals surface area contributed by atoms with E-state index in [-0.39, 0.29) is 12.4 Å². The molecule has 0 bridgehead atoms. The average Bonchev–Trinajstić information content (AvgIpc) is 2.76. The van der Waals surface area contributed by atoms with Crippen molar-refractivity contribution in [1.82, 2.24) is 5.32 Å². The number of hydrogen-bond acceptors (Lipinski definition) is 3. The average molecular weight is 284 g/mol. The van der Waals surface area contributed by atoms with Gasteiger partial charge >= 0.3 is 0 Å². The van der Waals surface area contributed by atoms with Gasteiger partial charge in [-0.1, -0.05) is 30.3 Å². The Labute approximate surface area is 118 Å². The van der Waals surface area contributed by atoms with E-state index in [9.17, 15) is 5.11 Å². The summed E-state index contributed by atoms with van der Waals surface area (Å²) >= 11 is 1.75. The summed E-state index contributed by atoms with van der Waals surface area (Å²) in [6.07, 6.45) is -0.434. The van der Waals surface area contributed by atoms with Gasteiger partial charge in [0.1, 0.15) is 0 Å². The second-order valence-electron chi connectivity index (χ2n) is 4.08. The third-order valence-corrected chi connectivity index (χ3v) is 3.80. The Bertz CT molecular complexity index is 458. The molecule has 4 heteroatoms. The molecule has 0 saturated heterocycles. The van der Waals surface area contributed by atoms with Gasteiger partial charge in [0.05, 0.1) is 6.10 Å². The van der Waals surface area contributed by atoms with E-state index in [1.807, 2.05) is 30.3 Å². The summed E-state index contributed by atoms with van der Waals surface area (Å²) in [6, 6.07) is 11.9. The summed E-state index contributed by atoms with van der Waals surface area (Å²) in [4.78, 5) is 1.34. The van der Waals surface area contributed by atoms with Crippen molar-refractivity contribution in [2.75, 3.05) is 6.54 Å². The van der Waals surface area contributed by atoms with Crippen molar-refractivity contribution in [3.05, 3.63) is 57.8 Å². The molecule has 1 unspecified atom stereocenters. The number of thiophene rings is 1. The lowest BCUT2D eigenvalue weighted by Gasteiger charge is -2.11. The molecule has 0 amide bonds. The fraction of sp³-hybridized carbons (Fsp3) is 0.286. The van der Waals surface area contributed by atoms with Gasteiger partial charge in [0.15, 0.2) is 0 Å². The summed E-state index contributed by atoms with van der Waals surface area (Å²) in [5.41, 5.74) is 2.28. The van der Waals surface area contributed by atoms with Crippen LogP contribution in [0.1, 0.15) is 22.1 Å². The SMILES string of the molecule is Cc1ccsc1CNCC(O)c1ccccc1.Cl. The highest BCUT2D eigenvalue weighted by atomic mass is 35.5. The Hall–Kier alpha value is -0.870. The van der Waals surface area contributed by atoms with Crippen LogP contribution in [-0.4, -0.2) is 11.7 Å². The van der Waals surface area contributed by atoms with Crippen LogP contribution in [0.3, 0.4) is 0 Å². The minimum atomic E-state index is -0.434. The van der Waals surface area contributed by atoms with Gasteiger partial charge in [0.25, 0.3) is 0 Å². The first-order valence-corrected chi connectivity index (χ1v) is 6.62. The highest BCUT2D eigenvalue weighted by Gasteiger charge is 2.06. The lowest BCUT2D eigenvalue weighted by Crippen LogP contribution is -2.20. The van der Waals surface area contributed by atoms with E-state index < -0.39 is 6.10 Å². The summed E-state index contributed by atoms with van der Waals surface area (Å²) < 4.78 is 0. The molecule has 98 valence electrons. The molecule has 2 N–H and O–H groups in total. The molecule has 1 heterocycles. The summed E-state index contributed by atoms with van der Waals surface area (Å²) in [5, 5.41) is 15.3. The summed E-state index contributed by atoms with van der Waals surface area (Å²) in [5.74, 6) is 0. The quantitative estimate of drug-likeness (QED) is 0.882. The van der Waals surface area contributed by atoms with Crippen molar-refractivity contribution in [2.24, 2.45) is 0 Å².